The van der Waals surface area contributed by atoms with Gasteiger partial charge in [0, 0.05) is 24.3 Å². The van der Waals surface area contributed by atoms with E-state index in [2.05, 4.69) is 10.1 Å². The third-order valence-corrected chi connectivity index (χ3v) is 3.15. The van der Waals surface area contributed by atoms with E-state index < -0.39 is 0 Å². The summed E-state index contributed by atoms with van der Waals surface area (Å²) in [5.74, 6) is 0.0330. The third kappa shape index (κ3) is 2.07. The van der Waals surface area contributed by atoms with Crippen LogP contribution in [0.5, 0.6) is 0 Å². The molecule has 0 unspecified atom stereocenters. The van der Waals surface area contributed by atoms with Crippen molar-refractivity contribution in [3.8, 4) is 0 Å². The van der Waals surface area contributed by atoms with E-state index in [1.807, 2.05) is 19.2 Å². The SMILES string of the molecule is CN(c1ccc(C(N)=NO)c(Cl)c1)C1CC1. The molecule has 1 aromatic rings. The smallest absolute Gasteiger partial charge is 0.171 e. The van der Waals surface area contributed by atoms with Crippen LogP contribution >= 0.6 is 11.6 Å². The van der Waals surface area contributed by atoms with E-state index in [0.717, 1.165) is 5.69 Å². The highest BCUT2D eigenvalue weighted by Gasteiger charge is 2.26. The van der Waals surface area contributed by atoms with Crippen molar-refractivity contribution in [2.24, 2.45) is 10.9 Å². The minimum absolute atomic E-state index is 0.0330. The quantitative estimate of drug-likeness (QED) is 0.367. The lowest BCUT2D eigenvalue weighted by Gasteiger charge is -2.19. The number of hydrogen-bond donors (Lipinski definition) is 2. The molecule has 4 nitrogen and oxygen atoms in total. The highest BCUT2D eigenvalue weighted by molar-refractivity contribution is 6.34. The van der Waals surface area contributed by atoms with E-state index in [-0.39, 0.29) is 5.84 Å². The number of nitrogens with two attached hydrogens (primary N) is 1. The fourth-order valence-electron chi connectivity index (χ4n) is 1.66. The Balaban J connectivity index is 2.28. The standard InChI is InChI=1S/C11H14ClN3O/c1-15(7-2-3-7)8-4-5-9(10(12)6-8)11(13)14-16/h4-7,16H,2-3H2,1H3,(H2,13,14). The first-order valence-electron chi connectivity index (χ1n) is 5.13. The monoisotopic (exact) mass is 239 g/mol. The minimum Gasteiger partial charge on any atom is -0.409 e. The fraction of sp³-hybridized carbons (Fsp3) is 0.364. The van der Waals surface area contributed by atoms with E-state index in [4.69, 9.17) is 22.5 Å². The summed E-state index contributed by atoms with van der Waals surface area (Å²) in [6.45, 7) is 0. The van der Waals surface area contributed by atoms with Gasteiger partial charge in [-0.05, 0) is 31.0 Å². The van der Waals surface area contributed by atoms with Crippen LogP contribution in [0.15, 0.2) is 23.4 Å². The van der Waals surface area contributed by atoms with Crippen LogP contribution in [0.4, 0.5) is 5.69 Å². The van der Waals surface area contributed by atoms with Gasteiger partial charge >= 0.3 is 0 Å². The summed E-state index contributed by atoms with van der Waals surface area (Å²) in [5, 5.41) is 12.0. The van der Waals surface area contributed by atoms with E-state index in [0.29, 0.717) is 16.6 Å². The Morgan fingerprint density at radius 2 is 2.25 bits per heavy atom. The van der Waals surface area contributed by atoms with Gasteiger partial charge in [-0.25, -0.2) is 0 Å². The Morgan fingerprint density at radius 3 is 2.75 bits per heavy atom. The number of benzene rings is 1. The molecule has 0 atom stereocenters. The molecule has 5 heteroatoms. The topological polar surface area (TPSA) is 61.8 Å². The summed E-state index contributed by atoms with van der Waals surface area (Å²) in [6.07, 6.45) is 2.46. The molecule has 0 bridgehead atoms. The number of amidine groups is 1. The molecule has 0 aliphatic heterocycles. The first-order chi connectivity index (χ1) is 7.63. The maximum Gasteiger partial charge on any atom is 0.171 e. The molecule has 0 amide bonds. The highest BCUT2D eigenvalue weighted by Crippen LogP contribution is 2.32. The van der Waals surface area contributed by atoms with Gasteiger partial charge < -0.3 is 15.8 Å². The normalized spacial score (nSPS) is 16.2. The van der Waals surface area contributed by atoms with Gasteiger partial charge in [0.1, 0.15) is 0 Å². The molecule has 2 rings (SSSR count). The number of rotatable bonds is 3. The van der Waals surface area contributed by atoms with Crippen LogP contribution in [0.1, 0.15) is 18.4 Å². The van der Waals surface area contributed by atoms with Crippen LogP contribution < -0.4 is 10.6 Å². The van der Waals surface area contributed by atoms with Crippen LogP contribution in [0.2, 0.25) is 5.02 Å². The number of nitrogens with zero attached hydrogens (tertiary/aromatic N) is 2. The molecule has 0 spiro atoms. The van der Waals surface area contributed by atoms with Crippen molar-refractivity contribution in [3.63, 3.8) is 0 Å². The van der Waals surface area contributed by atoms with Crippen LogP contribution in [-0.4, -0.2) is 24.1 Å². The highest BCUT2D eigenvalue weighted by atomic mass is 35.5. The molecule has 3 N–H and O–H groups in total. The molecule has 1 aromatic carbocycles. The lowest BCUT2D eigenvalue weighted by molar-refractivity contribution is 0.318. The Bertz CT molecular complexity index is 429. The van der Waals surface area contributed by atoms with Gasteiger partial charge in [-0.15, -0.1) is 0 Å². The number of anilines is 1. The van der Waals surface area contributed by atoms with Crippen molar-refractivity contribution in [2.75, 3.05) is 11.9 Å². The van der Waals surface area contributed by atoms with Crippen molar-refractivity contribution >= 4 is 23.1 Å². The van der Waals surface area contributed by atoms with Gasteiger partial charge in [0.25, 0.3) is 0 Å². The van der Waals surface area contributed by atoms with Gasteiger partial charge in [0.2, 0.25) is 0 Å². The molecular formula is C11H14ClN3O. The molecular weight excluding hydrogens is 226 g/mol. The molecule has 16 heavy (non-hydrogen) atoms. The predicted molar refractivity (Wildman–Crippen MR) is 65.4 cm³/mol. The van der Waals surface area contributed by atoms with E-state index in [9.17, 15) is 0 Å². The summed E-state index contributed by atoms with van der Waals surface area (Å²) in [6, 6.07) is 6.17. The second kappa shape index (κ2) is 4.22. The molecule has 1 aliphatic rings. The lowest BCUT2D eigenvalue weighted by atomic mass is 10.2. The first kappa shape index (κ1) is 11.1. The fourth-order valence-corrected chi connectivity index (χ4v) is 1.93. The molecule has 86 valence electrons. The first-order valence-corrected chi connectivity index (χ1v) is 5.51. The second-order valence-electron chi connectivity index (χ2n) is 3.99. The van der Waals surface area contributed by atoms with Crippen molar-refractivity contribution in [3.05, 3.63) is 28.8 Å². The molecule has 1 saturated carbocycles. The molecule has 0 heterocycles. The zero-order valence-corrected chi connectivity index (χ0v) is 9.78. The number of oxime groups is 1. The van der Waals surface area contributed by atoms with E-state index in [1.165, 1.54) is 12.8 Å². The predicted octanol–water partition coefficient (Wildman–Crippen LogP) is 2.03. The molecule has 1 fully saturated rings. The van der Waals surface area contributed by atoms with Crippen LogP contribution in [-0.2, 0) is 0 Å². The summed E-state index contributed by atoms with van der Waals surface area (Å²) >= 11 is 6.07. The summed E-state index contributed by atoms with van der Waals surface area (Å²) < 4.78 is 0. The maximum absolute atomic E-state index is 8.58. The maximum atomic E-state index is 8.58. The Kier molecular flexibility index (Phi) is 2.92. The lowest BCUT2D eigenvalue weighted by Crippen LogP contribution is -2.20. The zero-order chi connectivity index (χ0) is 11.7. The Labute approximate surface area is 99.3 Å². The molecule has 1 aliphatic carbocycles. The summed E-state index contributed by atoms with van der Waals surface area (Å²) in [5.41, 5.74) is 7.11. The number of hydrogen-bond acceptors (Lipinski definition) is 3. The van der Waals surface area contributed by atoms with Crippen molar-refractivity contribution in [1.82, 2.24) is 0 Å². The molecule has 0 aromatic heterocycles. The van der Waals surface area contributed by atoms with Crippen molar-refractivity contribution < 1.29 is 5.21 Å². The van der Waals surface area contributed by atoms with Crippen LogP contribution in [0, 0.1) is 0 Å². The minimum atomic E-state index is 0.0330. The molecule has 0 radical (unpaired) electrons. The van der Waals surface area contributed by atoms with Crippen molar-refractivity contribution in [1.29, 1.82) is 0 Å². The second-order valence-corrected chi connectivity index (χ2v) is 4.40. The third-order valence-electron chi connectivity index (χ3n) is 2.84. The van der Waals surface area contributed by atoms with Gasteiger partial charge in [-0.3, -0.25) is 0 Å². The Morgan fingerprint density at radius 1 is 1.56 bits per heavy atom. The van der Waals surface area contributed by atoms with Crippen LogP contribution in [0.3, 0.4) is 0 Å². The Hall–Kier alpha value is -1.42. The van der Waals surface area contributed by atoms with Gasteiger partial charge in [0.15, 0.2) is 5.84 Å². The largest absolute Gasteiger partial charge is 0.409 e. The van der Waals surface area contributed by atoms with E-state index >= 15 is 0 Å². The summed E-state index contributed by atoms with van der Waals surface area (Å²) in [7, 11) is 2.05. The van der Waals surface area contributed by atoms with Crippen LogP contribution in [0.25, 0.3) is 0 Å². The average Bonchev–Trinajstić information content (AvgIpc) is 3.10. The van der Waals surface area contributed by atoms with E-state index in [1.54, 1.807) is 6.07 Å². The van der Waals surface area contributed by atoms with Crippen molar-refractivity contribution in [2.45, 2.75) is 18.9 Å². The van der Waals surface area contributed by atoms with Gasteiger partial charge in [0.05, 0.1) is 5.02 Å². The molecule has 0 saturated heterocycles. The number of halogens is 1. The van der Waals surface area contributed by atoms with Gasteiger partial charge in [-0.2, -0.15) is 0 Å². The summed E-state index contributed by atoms with van der Waals surface area (Å²) in [4.78, 5) is 2.20. The zero-order valence-electron chi connectivity index (χ0n) is 9.02. The van der Waals surface area contributed by atoms with Gasteiger partial charge in [-0.1, -0.05) is 16.8 Å². The average molecular weight is 240 g/mol.